The lowest BCUT2D eigenvalue weighted by Gasteiger charge is -2.21. The molecule has 0 aromatic rings. The van der Waals surface area contributed by atoms with Crippen molar-refractivity contribution in [2.75, 3.05) is 0 Å². The summed E-state index contributed by atoms with van der Waals surface area (Å²) in [6.45, 7) is 0. The maximum absolute atomic E-state index is 5.17. The second-order valence-electron chi connectivity index (χ2n) is 3.64. The van der Waals surface area contributed by atoms with Gasteiger partial charge in [0.05, 0.1) is 6.26 Å². The smallest absolute Gasteiger partial charge is 0.529 e. The molecule has 0 aromatic heterocycles. The maximum atomic E-state index is 5.17. The second kappa shape index (κ2) is 3.88. The topological polar surface area (TPSA) is 18.5 Å². The second-order valence-corrected chi connectivity index (χ2v) is 3.64. The van der Waals surface area contributed by atoms with Gasteiger partial charge in [0.15, 0.2) is 0 Å². The largest absolute Gasteiger partial charge is 0.657 e. The van der Waals surface area contributed by atoms with E-state index in [1.54, 1.807) is 6.26 Å². The summed E-state index contributed by atoms with van der Waals surface area (Å²) in [5, 5.41) is 0. The van der Waals surface area contributed by atoms with Crippen LogP contribution in [0.5, 0.6) is 0 Å². The van der Waals surface area contributed by atoms with E-state index in [4.69, 9.17) is 9.31 Å². The third-order valence-electron chi connectivity index (χ3n) is 2.67. The van der Waals surface area contributed by atoms with Gasteiger partial charge in [0.2, 0.25) is 0 Å². The standard InChI is InChI=1S/C9H14BO2/c1-2-4-8(5-3-1)6-9-7-11-10-12-9/h7-8H,1-6H2. The molecular formula is C9H14BO2. The average molecular weight is 165 g/mol. The lowest BCUT2D eigenvalue weighted by atomic mass is 9.86. The normalized spacial score (nSPS) is 23.8. The molecular weight excluding hydrogens is 151 g/mol. The maximum Gasteiger partial charge on any atom is 0.657 e. The van der Waals surface area contributed by atoms with Crippen LogP contribution >= 0.6 is 0 Å². The molecule has 3 heteroatoms. The van der Waals surface area contributed by atoms with Crippen LogP contribution in [0.4, 0.5) is 0 Å². The van der Waals surface area contributed by atoms with Gasteiger partial charge in [-0.2, -0.15) is 0 Å². The van der Waals surface area contributed by atoms with Crippen molar-refractivity contribution in [2.45, 2.75) is 38.5 Å². The molecule has 2 nitrogen and oxygen atoms in total. The SMILES string of the molecule is [B]1OC=C(CC2CCCCC2)O1. The molecule has 12 heavy (non-hydrogen) atoms. The molecule has 0 N–H and O–H groups in total. The highest BCUT2D eigenvalue weighted by Crippen LogP contribution is 2.29. The van der Waals surface area contributed by atoms with E-state index in [2.05, 4.69) is 0 Å². The first-order valence-electron chi connectivity index (χ1n) is 4.78. The van der Waals surface area contributed by atoms with E-state index in [1.165, 1.54) is 39.8 Å². The van der Waals surface area contributed by atoms with Crippen LogP contribution in [0.25, 0.3) is 0 Å². The number of hydrogen-bond acceptors (Lipinski definition) is 2. The Morgan fingerprint density at radius 2 is 2.17 bits per heavy atom. The molecule has 0 aromatic carbocycles. The molecule has 0 amide bonds. The molecule has 1 aliphatic carbocycles. The van der Waals surface area contributed by atoms with E-state index in [-0.39, 0.29) is 0 Å². The van der Waals surface area contributed by atoms with Gasteiger partial charge in [-0.15, -0.1) is 0 Å². The summed E-state index contributed by atoms with van der Waals surface area (Å²) in [6, 6.07) is 0. The van der Waals surface area contributed by atoms with Gasteiger partial charge >= 0.3 is 7.69 Å². The highest BCUT2D eigenvalue weighted by atomic mass is 16.6. The molecule has 0 saturated heterocycles. The van der Waals surface area contributed by atoms with E-state index in [0.29, 0.717) is 0 Å². The number of rotatable bonds is 2. The zero-order valence-corrected chi connectivity index (χ0v) is 7.29. The van der Waals surface area contributed by atoms with E-state index in [0.717, 1.165) is 18.1 Å². The van der Waals surface area contributed by atoms with Gasteiger partial charge in [0, 0.05) is 6.42 Å². The zero-order valence-electron chi connectivity index (χ0n) is 7.29. The minimum atomic E-state index is 0.833. The summed E-state index contributed by atoms with van der Waals surface area (Å²) in [4.78, 5) is 0. The summed E-state index contributed by atoms with van der Waals surface area (Å²) >= 11 is 0. The van der Waals surface area contributed by atoms with Gasteiger partial charge in [0.25, 0.3) is 0 Å². The third-order valence-corrected chi connectivity index (χ3v) is 2.67. The van der Waals surface area contributed by atoms with Crippen molar-refractivity contribution in [3.05, 3.63) is 12.0 Å². The van der Waals surface area contributed by atoms with Crippen molar-refractivity contribution in [3.63, 3.8) is 0 Å². The average Bonchev–Trinajstić information content (AvgIpc) is 2.59. The summed E-state index contributed by atoms with van der Waals surface area (Å²) in [6.07, 6.45) is 9.70. The molecule has 1 saturated carbocycles. The Labute approximate surface area is 74.2 Å². The molecule has 1 radical (unpaired) electrons. The Hall–Kier alpha value is -0.595. The van der Waals surface area contributed by atoms with Crippen LogP contribution in [0.1, 0.15) is 38.5 Å². The van der Waals surface area contributed by atoms with E-state index >= 15 is 0 Å². The molecule has 1 aliphatic heterocycles. The predicted molar refractivity (Wildman–Crippen MR) is 47.2 cm³/mol. The number of hydrogen-bond donors (Lipinski definition) is 0. The minimum Gasteiger partial charge on any atom is -0.529 e. The zero-order chi connectivity index (χ0) is 8.23. The lowest BCUT2D eigenvalue weighted by Crippen LogP contribution is -2.07. The summed E-state index contributed by atoms with van der Waals surface area (Å²) in [5.74, 6) is 1.84. The Morgan fingerprint density at radius 1 is 1.33 bits per heavy atom. The van der Waals surface area contributed by atoms with Crippen LogP contribution in [-0.2, 0) is 9.31 Å². The summed E-state index contributed by atoms with van der Waals surface area (Å²) < 4.78 is 10.1. The van der Waals surface area contributed by atoms with E-state index in [1.807, 2.05) is 0 Å². The molecule has 0 atom stereocenters. The Bertz CT molecular complexity index is 173. The van der Waals surface area contributed by atoms with Crippen LogP contribution in [0, 0.1) is 5.92 Å². The van der Waals surface area contributed by atoms with Gasteiger partial charge in [-0.25, -0.2) is 0 Å². The summed E-state index contributed by atoms with van der Waals surface area (Å²) in [5.41, 5.74) is 0. The molecule has 2 rings (SSSR count). The quantitative estimate of drug-likeness (QED) is 0.584. The fourth-order valence-electron chi connectivity index (χ4n) is 1.99. The van der Waals surface area contributed by atoms with Crippen LogP contribution in [0.2, 0.25) is 0 Å². The first kappa shape index (κ1) is 8.02. The van der Waals surface area contributed by atoms with Crippen molar-refractivity contribution >= 4 is 7.69 Å². The van der Waals surface area contributed by atoms with Crippen LogP contribution in [-0.4, -0.2) is 7.69 Å². The van der Waals surface area contributed by atoms with Crippen molar-refractivity contribution in [3.8, 4) is 0 Å². The van der Waals surface area contributed by atoms with Gasteiger partial charge in [0.1, 0.15) is 5.76 Å². The number of allylic oxidation sites excluding steroid dienone is 1. The fraction of sp³-hybridized carbons (Fsp3) is 0.778. The van der Waals surface area contributed by atoms with Gasteiger partial charge in [-0.3, -0.25) is 0 Å². The van der Waals surface area contributed by atoms with Crippen molar-refractivity contribution in [1.82, 2.24) is 0 Å². The van der Waals surface area contributed by atoms with E-state index in [9.17, 15) is 0 Å². The lowest BCUT2D eigenvalue weighted by molar-refractivity contribution is 0.313. The first-order chi connectivity index (χ1) is 5.95. The van der Waals surface area contributed by atoms with Crippen molar-refractivity contribution in [2.24, 2.45) is 5.92 Å². The Balaban J connectivity index is 1.77. The van der Waals surface area contributed by atoms with Gasteiger partial charge in [-0.1, -0.05) is 32.1 Å². The van der Waals surface area contributed by atoms with Gasteiger partial charge in [-0.05, 0) is 5.92 Å². The molecule has 65 valence electrons. The predicted octanol–water partition coefficient (Wildman–Crippen LogP) is 2.38. The minimum absolute atomic E-state index is 0.833. The highest BCUT2D eigenvalue weighted by Gasteiger charge is 2.18. The van der Waals surface area contributed by atoms with Crippen LogP contribution in [0.3, 0.4) is 0 Å². The highest BCUT2D eigenvalue weighted by molar-refractivity contribution is 6.19. The third kappa shape index (κ3) is 1.96. The van der Waals surface area contributed by atoms with Gasteiger partial charge < -0.3 is 9.31 Å². The molecule has 0 unspecified atom stereocenters. The molecule has 0 bridgehead atoms. The summed E-state index contributed by atoms with van der Waals surface area (Å²) in [7, 11) is 1.40. The molecule has 0 spiro atoms. The molecule has 1 heterocycles. The first-order valence-corrected chi connectivity index (χ1v) is 4.78. The Morgan fingerprint density at radius 3 is 2.83 bits per heavy atom. The fourth-order valence-corrected chi connectivity index (χ4v) is 1.99. The van der Waals surface area contributed by atoms with Crippen LogP contribution in [0.15, 0.2) is 12.0 Å². The van der Waals surface area contributed by atoms with Crippen LogP contribution < -0.4 is 0 Å². The van der Waals surface area contributed by atoms with Crippen molar-refractivity contribution in [1.29, 1.82) is 0 Å². The monoisotopic (exact) mass is 165 g/mol. The Kier molecular flexibility index (Phi) is 2.59. The van der Waals surface area contributed by atoms with E-state index < -0.39 is 0 Å². The molecule has 2 aliphatic rings. The molecule has 1 fully saturated rings. The van der Waals surface area contributed by atoms with Crippen molar-refractivity contribution < 1.29 is 9.31 Å².